The predicted molar refractivity (Wildman–Crippen MR) is 127 cm³/mol. The third-order valence-electron chi connectivity index (χ3n) is 6.59. The zero-order chi connectivity index (χ0) is 22.8. The zero-order valence-corrected chi connectivity index (χ0v) is 19.5. The second-order valence-electron chi connectivity index (χ2n) is 8.96. The van der Waals surface area contributed by atoms with Gasteiger partial charge in [-0.05, 0) is 44.9 Å². The minimum Gasteiger partial charge on any atom is -0.490 e. The molecular weight excluding hydrogens is 416 g/mol. The highest BCUT2D eigenvalue weighted by Gasteiger charge is 2.28. The van der Waals surface area contributed by atoms with Crippen molar-refractivity contribution in [3.8, 4) is 11.5 Å². The number of amides is 1. The molecule has 0 saturated carbocycles. The molecule has 7 nitrogen and oxygen atoms in total. The number of carbonyl (C=O) groups excluding carboxylic acids is 1. The van der Waals surface area contributed by atoms with Crippen molar-refractivity contribution < 1.29 is 14.3 Å². The molecule has 0 unspecified atom stereocenters. The number of pyridine rings is 1. The second-order valence-corrected chi connectivity index (χ2v) is 8.96. The van der Waals surface area contributed by atoms with E-state index in [1.54, 1.807) is 0 Å². The van der Waals surface area contributed by atoms with E-state index in [9.17, 15) is 4.79 Å². The number of para-hydroxylation sites is 2. The van der Waals surface area contributed by atoms with Crippen LogP contribution < -0.4 is 9.47 Å². The van der Waals surface area contributed by atoms with Crippen molar-refractivity contribution in [1.82, 2.24) is 19.4 Å². The smallest absolute Gasteiger partial charge is 0.256 e. The van der Waals surface area contributed by atoms with Gasteiger partial charge >= 0.3 is 0 Å². The Hall–Kier alpha value is -3.09. The molecule has 7 heteroatoms. The summed E-state index contributed by atoms with van der Waals surface area (Å²) in [7, 11) is 0. The van der Waals surface area contributed by atoms with E-state index < -0.39 is 0 Å². The molecule has 0 N–H and O–H groups in total. The Morgan fingerprint density at radius 3 is 2.64 bits per heavy atom. The highest BCUT2D eigenvalue weighted by atomic mass is 16.5. The van der Waals surface area contributed by atoms with Gasteiger partial charge in [-0.15, -0.1) is 0 Å². The van der Waals surface area contributed by atoms with Gasteiger partial charge in [0, 0.05) is 44.6 Å². The Morgan fingerprint density at radius 1 is 1.06 bits per heavy atom. The van der Waals surface area contributed by atoms with Crippen molar-refractivity contribution in [3.63, 3.8) is 0 Å². The first kappa shape index (κ1) is 21.7. The van der Waals surface area contributed by atoms with Gasteiger partial charge in [0.25, 0.3) is 5.91 Å². The minimum absolute atomic E-state index is 0.0481. The third-order valence-corrected chi connectivity index (χ3v) is 6.59. The molecular formula is C26H32N4O3. The third kappa shape index (κ3) is 4.41. The molecule has 0 bridgehead atoms. The number of aromatic nitrogens is 3. The van der Waals surface area contributed by atoms with Gasteiger partial charge in [0.15, 0.2) is 17.1 Å². The van der Waals surface area contributed by atoms with Crippen molar-refractivity contribution in [2.24, 2.45) is 0 Å². The fraction of sp³-hybridized carbons (Fsp3) is 0.500. The first-order chi connectivity index (χ1) is 16.1. The lowest BCUT2D eigenvalue weighted by Crippen LogP contribution is -2.42. The van der Waals surface area contributed by atoms with Crippen LogP contribution in [0.15, 0.2) is 30.3 Å². The number of piperidine rings is 1. The van der Waals surface area contributed by atoms with Crippen LogP contribution in [-0.4, -0.2) is 51.1 Å². The van der Waals surface area contributed by atoms with Gasteiger partial charge in [0.1, 0.15) is 17.4 Å². The topological polar surface area (TPSA) is 69.5 Å². The molecule has 1 amide bonds. The van der Waals surface area contributed by atoms with Crippen LogP contribution in [0, 0.1) is 6.92 Å². The van der Waals surface area contributed by atoms with E-state index in [0.717, 1.165) is 72.8 Å². The van der Waals surface area contributed by atoms with E-state index in [1.807, 2.05) is 49.1 Å². The van der Waals surface area contributed by atoms with Gasteiger partial charge in [-0.1, -0.05) is 18.6 Å². The lowest BCUT2D eigenvalue weighted by atomic mass is 10.1. The fourth-order valence-electron chi connectivity index (χ4n) is 4.93. The molecule has 174 valence electrons. The summed E-state index contributed by atoms with van der Waals surface area (Å²) in [6, 6.07) is 9.69. The molecule has 2 aromatic heterocycles. The highest BCUT2D eigenvalue weighted by Crippen LogP contribution is 2.30. The Bertz CT molecular complexity index is 1150. The molecule has 2 aliphatic rings. The Balaban J connectivity index is 1.31. The van der Waals surface area contributed by atoms with Gasteiger partial charge in [0.05, 0.1) is 12.2 Å². The van der Waals surface area contributed by atoms with E-state index >= 15 is 0 Å². The molecule has 1 aromatic carbocycles. The summed E-state index contributed by atoms with van der Waals surface area (Å²) in [4.78, 5) is 25.1. The minimum atomic E-state index is 0.0481. The van der Waals surface area contributed by atoms with Gasteiger partial charge in [-0.2, -0.15) is 0 Å². The maximum atomic E-state index is 13.5. The summed E-state index contributed by atoms with van der Waals surface area (Å²) in [5.41, 5.74) is 3.16. The SMILES string of the molecule is CCOc1ccccc1OC1CCN(C(=O)c2cc(C)nc3c2nc2n3CCCCC2)CC1. The molecule has 0 aliphatic carbocycles. The molecule has 5 rings (SSSR count). The maximum Gasteiger partial charge on any atom is 0.256 e. The number of ether oxygens (including phenoxy) is 2. The predicted octanol–water partition coefficient (Wildman–Crippen LogP) is 4.55. The molecule has 1 saturated heterocycles. The van der Waals surface area contributed by atoms with Crippen molar-refractivity contribution in [3.05, 3.63) is 47.4 Å². The van der Waals surface area contributed by atoms with Crippen LogP contribution in [0.1, 0.15) is 60.9 Å². The van der Waals surface area contributed by atoms with E-state index in [0.29, 0.717) is 25.3 Å². The average Bonchev–Trinajstić information content (AvgIpc) is 3.00. The standard InChI is InChI=1S/C26H32N4O3/c1-3-32-21-9-6-7-10-22(21)33-19-12-15-29(16-13-19)26(31)20-17-18(2)27-25-24(20)28-23-11-5-4-8-14-30(23)25/h6-7,9-10,17,19H,3-5,8,11-16H2,1-2H3. The number of rotatable bonds is 5. The molecule has 0 atom stereocenters. The van der Waals surface area contributed by atoms with Crippen LogP contribution in [-0.2, 0) is 13.0 Å². The second kappa shape index (κ2) is 9.41. The number of aryl methyl sites for hydroxylation is 3. The van der Waals surface area contributed by atoms with Gasteiger partial charge in [-0.3, -0.25) is 4.79 Å². The van der Waals surface area contributed by atoms with Gasteiger partial charge < -0.3 is 18.9 Å². The average molecular weight is 449 g/mol. The van der Waals surface area contributed by atoms with E-state index in [2.05, 4.69) is 4.57 Å². The van der Waals surface area contributed by atoms with Crippen LogP contribution in [0.2, 0.25) is 0 Å². The first-order valence-electron chi connectivity index (χ1n) is 12.2. The van der Waals surface area contributed by atoms with Gasteiger partial charge in [-0.25, -0.2) is 9.97 Å². The summed E-state index contributed by atoms with van der Waals surface area (Å²) in [5, 5.41) is 0. The van der Waals surface area contributed by atoms with Crippen LogP contribution in [0.25, 0.3) is 11.2 Å². The Kier molecular flexibility index (Phi) is 6.20. The maximum absolute atomic E-state index is 13.5. The zero-order valence-electron chi connectivity index (χ0n) is 19.5. The number of imidazole rings is 1. The molecule has 4 heterocycles. The number of nitrogens with zero attached hydrogens (tertiary/aromatic N) is 4. The number of likely N-dealkylation sites (tertiary alicyclic amines) is 1. The molecule has 1 fully saturated rings. The molecule has 0 radical (unpaired) electrons. The van der Waals surface area contributed by atoms with E-state index in [1.165, 1.54) is 6.42 Å². The largest absolute Gasteiger partial charge is 0.490 e. The summed E-state index contributed by atoms with van der Waals surface area (Å²) in [6.45, 7) is 6.79. The van der Waals surface area contributed by atoms with E-state index in [-0.39, 0.29) is 12.0 Å². The quantitative estimate of drug-likeness (QED) is 0.573. The van der Waals surface area contributed by atoms with Crippen molar-refractivity contribution >= 4 is 17.1 Å². The highest BCUT2D eigenvalue weighted by molar-refractivity contribution is 6.04. The molecule has 2 aliphatic heterocycles. The first-order valence-corrected chi connectivity index (χ1v) is 12.2. The molecule has 0 spiro atoms. The van der Waals surface area contributed by atoms with Gasteiger partial charge in [0.2, 0.25) is 0 Å². The van der Waals surface area contributed by atoms with Crippen molar-refractivity contribution in [2.75, 3.05) is 19.7 Å². The summed E-state index contributed by atoms with van der Waals surface area (Å²) in [6.07, 6.45) is 6.10. The van der Waals surface area contributed by atoms with Crippen LogP contribution in [0.4, 0.5) is 0 Å². The number of carbonyl (C=O) groups is 1. The lowest BCUT2D eigenvalue weighted by molar-refractivity contribution is 0.0591. The number of hydrogen-bond donors (Lipinski definition) is 0. The summed E-state index contributed by atoms with van der Waals surface area (Å²) >= 11 is 0. The summed E-state index contributed by atoms with van der Waals surface area (Å²) in [5.74, 6) is 2.66. The van der Waals surface area contributed by atoms with Crippen molar-refractivity contribution in [2.45, 2.75) is 65.0 Å². The number of benzene rings is 1. The van der Waals surface area contributed by atoms with Crippen LogP contribution >= 0.6 is 0 Å². The lowest BCUT2D eigenvalue weighted by Gasteiger charge is -2.32. The molecule has 33 heavy (non-hydrogen) atoms. The van der Waals surface area contributed by atoms with Crippen LogP contribution in [0.3, 0.4) is 0 Å². The fourth-order valence-corrected chi connectivity index (χ4v) is 4.93. The Morgan fingerprint density at radius 2 is 1.85 bits per heavy atom. The van der Waals surface area contributed by atoms with E-state index in [4.69, 9.17) is 19.4 Å². The number of hydrogen-bond acceptors (Lipinski definition) is 5. The number of fused-ring (bicyclic) bond motifs is 3. The van der Waals surface area contributed by atoms with Crippen molar-refractivity contribution in [1.29, 1.82) is 0 Å². The normalized spacial score (nSPS) is 17.0. The monoisotopic (exact) mass is 448 g/mol. The molecule has 3 aromatic rings. The summed E-state index contributed by atoms with van der Waals surface area (Å²) < 4.78 is 14.2. The van der Waals surface area contributed by atoms with Crippen LogP contribution in [0.5, 0.6) is 11.5 Å². The Labute approximate surface area is 194 Å².